The number of hydrogen-bond donors (Lipinski definition) is 0. The van der Waals surface area contributed by atoms with Crippen LogP contribution in [0.3, 0.4) is 0 Å². The van der Waals surface area contributed by atoms with Gasteiger partial charge >= 0.3 is 0 Å². The minimum atomic E-state index is 0.589. The monoisotopic (exact) mass is 156 g/mol. The van der Waals surface area contributed by atoms with Gasteiger partial charge in [0.15, 0.2) is 0 Å². The molecule has 0 bridgehead atoms. The third-order valence-corrected chi connectivity index (χ3v) is 2.34. The van der Waals surface area contributed by atoms with Gasteiger partial charge in [-0.15, -0.1) is 0 Å². The predicted molar refractivity (Wildman–Crippen MR) is 47.7 cm³/mol. The van der Waals surface area contributed by atoms with Crippen LogP contribution in [0.15, 0.2) is 0 Å². The molecule has 1 aliphatic rings. The van der Waals surface area contributed by atoms with Crippen LogP contribution in [-0.2, 0) is 4.74 Å². The van der Waals surface area contributed by atoms with Gasteiger partial charge in [0.25, 0.3) is 0 Å². The molecule has 0 aromatic carbocycles. The predicted octanol–water partition coefficient (Wildman–Crippen LogP) is 2.99. The summed E-state index contributed by atoms with van der Waals surface area (Å²) in [6.07, 6.45) is 7.14. The summed E-state index contributed by atoms with van der Waals surface area (Å²) < 4.78 is 5.63. The summed E-state index contributed by atoms with van der Waals surface area (Å²) in [4.78, 5) is 0. The zero-order valence-corrected chi connectivity index (χ0v) is 7.81. The van der Waals surface area contributed by atoms with Crippen LogP contribution in [0.5, 0.6) is 0 Å². The van der Waals surface area contributed by atoms with Crippen molar-refractivity contribution in [2.75, 3.05) is 6.61 Å². The van der Waals surface area contributed by atoms with E-state index < -0.39 is 0 Å². The van der Waals surface area contributed by atoms with Crippen molar-refractivity contribution in [1.82, 2.24) is 0 Å². The maximum Gasteiger partial charge on any atom is 0.0575 e. The van der Waals surface area contributed by atoms with E-state index in [4.69, 9.17) is 4.74 Å². The molecule has 0 aliphatic carbocycles. The number of ether oxygens (including phenoxy) is 1. The molecule has 1 atom stereocenters. The normalized spacial score (nSPS) is 25.9. The third kappa shape index (κ3) is 3.76. The topological polar surface area (TPSA) is 9.23 Å². The molecule has 0 spiro atoms. The van der Waals surface area contributed by atoms with E-state index >= 15 is 0 Å². The smallest absolute Gasteiger partial charge is 0.0575 e. The molecule has 1 rings (SSSR count). The zero-order valence-electron chi connectivity index (χ0n) is 7.81. The molecule has 1 fully saturated rings. The van der Waals surface area contributed by atoms with Gasteiger partial charge in [-0.05, 0) is 38.0 Å². The van der Waals surface area contributed by atoms with Crippen LogP contribution in [0, 0.1) is 5.92 Å². The first-order valence-electron chi connectivity index (χ1n) is 4.90. The highest BCUT2D eigenvalue weighted by Crippen LogP contribution is 2.18. The van der Waals surface area contributed by atoms with Gasteiger partial charge in [-0.1, -0.05) is 13.8 Å². The average Bonchev–Trinajstić information content (AvgIpc) is 2.03. The minimum absolute atomic E-state index is 0.589. The van der Waals surface area contributed by atoms with Crippen molar-refractivity contribution in [2.24, 2.45) is 5.92 Å². The fourth-order valence-electron chi connectivity index (χ4n) is 1.55. The van der Waals surface area contributed by atoms with Gasteiger partial charge in [0.2, 0.25) is 0 Å². The maximum atomic E-state index is 5.63. The summed E-state index contributed by atoms with van der Waals surface area (Å²) >= 11 is 0. The second-order valence-corrected chi connectivity index (χ2v) is 3.96. The lowest BCUT2D eigenvalue weighted by Crippen LogP contribution is -2.19. The second kappa shape index (κ2) is 4.76. The summed E-state index contributed by atoms with van der Waals surface area (Å²) in [6.45, 7) is 5.56. The molecule has 1 saturated heterocycles. The summed E-state index contributed by atoms with van der Waals surface area (Å²) in [5.74, 6) is 0.834. The van der Waals surface area contributed by atoms with E-state index in [1.54, 1.807) is 0 Å². The van der Waals surface area contributed by atoms with Crippen LogP contribution in [-0.4, -0.2) is 12.7 Å². The Morgan fingerprint density at radius 3 is 2.73 bits per heavy atom. The molecule has 1 nitrogen and oxygen atoms in total. The number of rotatable bonds is 3. The molecule has 1 aliphatic heterocycles. The Hall–Kier alpha value is -0.0400. The highest BCUT2D eigenvalue weighted by molar-refractivity contribution is 4.64. The lowest BCUT2D eigenvalue weighted by atomic mass is 10.00. The van der Waals surface area contributed by atoms with Crippen molar-refractivity contribution in [2.45, 2.75) is 52.1 Å². The Morgan fingerprint density at radius 1 is 1.36 bits per heavy atom. The molecule has 66 valence electrons. The van der Waals surface area contributed by atoms with Crippen molar-refractivity contribution in [3.8, 4) is 0 Å². The fraction of sp³-hybridized carbons (Fsp3) is 1.00. The van der Waals surface area contributed by atoms with Crippen LogP contribution in [0.4, 0.5) is 0 Å². The Bertz CT molecular complexity index is 93.0. The zero-order chi connectivity index (χ0) is 8.10. The quantitative estimate of drug-likeness (QED) is 0.610. The van der Waals surface area contributed by atoms with Gasteiger partial charge in [-0.25, -0.2) is 0 Å². The molecule has 0 radical (unpaired) electrons. The number of hydrogen-bond acceptors (Lipinski definition) is 1. The second-order valence-electron chi connectivity index (χ2n) is 3.96. The van der Waals surface area contributed by atoms with Gasteiger partial charge in [0, 0.05) is 6.61 Å². The molecule has 1 unspecified atom stereocenters. The first-order valence-corrected chi connectivity index (χ1v) is 4.90. The van der Waals surface area contributed by atoms with Crippen LogP contribution >= 0.6 is 0 Å². The first kappa shape index (κ1) is 9.05. The van der Waals surface area contributed by atoms with Crippen molar-refractivity contribution < 1.29 is 4.74 Å². The van der Waals surface area contributed by atoms with Crippen molar-refractivity contribution in [3.63, 3.8) is 0 Å². The van der Waals surface area contributed by atoms with E-state index in [1.165, 1.54) is 32.1 Å². The third-order valence-electron chi connectivity index (χ3n) is 2.34. The molecule has 0 amide bonds. The van der Waals surface area contributed by atoms with Gasteiger partial charge in [0.05, 0.1) is 6.10 Å². The summed E-state index contributed by atoms with van der Waals surface area (Å²) in [7, 11) is 0. The van der Waals surface area contributed by atoms with E-state index in [9.17, 15) is 0 Å². The van der Waals surface area contributed by atoms with Gasteiger partial charge in [-0.2, -0.15) is 0 Å². The molecule has 0 N–H and O–H groups in total. The minimum Gasteiger partial charge on any atom is -0.378 e. The highest BCUT2D eigenvalue weighted by Gasteiger charge is 2.13. The SMILES string of the molecule is CC(C)CCC1CCCCO1. The maximum absolute atomic E-state index is 5.63. The molecule has 0 aromatic rings. The van der Waals surface area contributed by atoms with Crippen LogP contribution < -0.4 is 0 Å². The molecule has 0 saturated carbocycles. The Balaban J connectivity index is 2.05. The van der Waals surface area contributed by atoms with Gasteiger partial charge in [-0.3, -0.25) is 0 Å². The van der Waals surface area contributed by atoms with E-state index in [1.807, 2.05) is 0 Å². The average molecular weight is 156 g/mol. The summed E-state index contributed by atoms with van der Waals surface area (Å²) in [6, 6.07) is 0. The van der Waals surface area contributed by atoms with Crippen LogP contribution in [0.2, 0.25) is 0 Å². The van der Waals surface area contributed by atoms with Gasteiger partial charge < -0.3 is 4.74 Å². The standard InChI is InChI=1S/C10H20O/c1-9(2)6-7-10-5-3-4-8-11-10/h9-10H,3-8H2,1-2H3. The molecule has 1 heterocycles. The summed E-state index contributed by atoms with van der Waals surface area (Å²) in [5, 5.41) is 0. The lowest BCUT2D eigenvalue weighted by molar-refractivity contribution is 0.00831. The fourth-order valence-corrected chi connectivity index (χ4v) is 1.55. The Kier molecular flexibility index (Phi) is 3.92. The van der Waals surface area contributed by atoms with E-state index in [-0.39, 0.29) is 0 Å². The largest absolute Gasteiger partial charge is 0.378 e. The highest BCUT2D eigenvalue weighted by atomic mass is 16.5. The Labute approximate surface area is 70.1 Å². The molecular formula is C10H20O. The lowest BCUT2D eigenvalue weighted by Gasteiger charge is -2.22. The summed E-state index contributed by atoms with van der Waals surface area (Å²) in [5.41, 5.74) is 0. The van der Waals surface area contributed by atoms with Crippen molar-refractivity contribution in [3.05, 3.63) is 0 Å². The Morgan fingerprint density at radius 2 is 2.18 bits per heavy atom. The molecule has 11 heavy (non-hydrogen) atoms. The molecule has 0 aromatic heterocycles. The van der Waals surface area contributed by atoms with Crippen LogP contribution in [0.25, 0.3) is 0 Å². The van der Waals surface area contributed by atoms with E-state index in [0.29, 0.717) is 6.10 Å². The van der Waals surface area contributed by atoms with Crippen molar-refractivity contribution >= 4 is 0 Å². The van der Waals surface area contributed by atoms with Crippen LogP contribution in [0.1, 0.15) is 46.0 Å². The van der Waals surface area contributed by atoms with Crippen molar-refractivity contribution in [1.29, 1.82) is 0 Å². The van der Waals surface area contributed by atoms with E-state index in [0.717, 1.165) is 12.5 Å². The molecular weight excluding hydrogens is 136 g/mol. The van der Waals surface area contributed by atoms with E-state index in [2.05, 4.69) is 13.8 Å². The van der Waals surface area contributed by atoms with Gasteiger partial charge in [0.1, 0.15) is 0 Å². The first-order chi connectivity index (χ1) is 5.29. The molecule has 1 heteroatoms.